The summed E-state index contributed by atoms with van der Waals surface area (Å²) in [6.07, 6.45) is 1.36. The predicted molar refractivity (Wildman–Crippen MR) is 81.4 cm³/mol. The second kappa shape index (κ2) is 7.91. The molecule has 1 unspecified atom stereocenters. The van der Waals surface area contributed by atoms with Gasteiger partial charge in [0.25, 0.3) is 5.91 Å². The normalized spacial score (nSPS) is 17.6. The third kappa shape index (κ3) is 4.31. The van der Waals surface area contributed by atoms with Gasteiger partial charge in [-0.3, -0.25) is 14.4 Å². The molecular weight excluding hydrogens is 318 g/mol. The molecular formula is C15H21N3O6. The van der Waals surface area contributed by atoms with Crippen LogP contribution in [0.3, 0.4) is 0 Å². The highest BCUT2D eigenvalue weighted by Gasteiger charge is 2.30. The van der Waals surface area contributed by atoms with Crippen molar-refractivity contribution in [1.82, 2.24) is 14.8 Å². The van der Waals surface area contributed by atoms with Gasteiger partial charge in [-0.2, -0.15) is 0 Å². The first-order chi connectivity index (χ1) is 11.4. The van der Waals surface area contributed by atoms with Crippen molar-refractivity contribution in [3.05, 3.63) is 17.8 Å². The van der Waals surface area contributed by atoms with E-state index in [9.17, 15) is 14.4 Å². The van der Waals surface area contributed by atoms with Crippen molar-refractivity contribution in [2.75, 3.05) is 32.8 Å². The number of aromatic nitrogens is 1. The number of hydrogen-bond acceptors (Lipinski definition) is 6. The highest BCUT2D eigenvalue weighted by molar-refractivity contribution is 5.93. The second-order valence-electron chi connectivity index (χ2n) is 5.51. The van der Waals surface area contributed by atoms with Crippen LogP contribution < -0.4 is 0 Å². The summed E-state index contributed by atoms with van der Waals surface area (Å²) in [5.41, 5.74) is 0.284. The molecule has 1 aliphatic rings. The second-order valence-corrected chi connectivity index (χ2v) is 5.51. The number of ether oxygens (including phenoxy) is 1. The van der Waals surface area contributed by atoms with E-state index in [1.54, 1.807) is 4.90 Å². The molecule has 0 radical (unpaired) electrons. The topological polar surface area (TPSA) is 113 Å². The Bertz CT molecular complexity index is 614. The SMILES string of the molecule is CCc1ocnc1C(=O)N1CCOC(CN(CC(=O)O)C(C)=O)C1. The Hall–Kier alpha value is -2.42. The first-order valence-corrected chi connectivity index (χ1v) is 7.72. The Morgan fingerprint density at radius 3 is 2.83 bits per heavy atom. The van der Waals surface area contributed by atoms with Crippen LogP contribution in [0.4, 0.5) is 0 Å². The van der Waals surface area contributed by atoms with E-state index in [4.69, 9.17) is 14.3 Å². The lowest BCUT2D eigenvalue weighted by Crippen LogP contribution is -2.51. The number of rotatable bonds is 6. The summed E-state index contributed by atoms with van der Waals surface area (Å²) < 4.78 is 10.8. The summed E-state index contributed by atoms with van der Waals surface area (Å²) in [4.78, 5) is 41.7. The summed E-state index contributed by atoms with van der Waals surface area (Å²) in [5.74, 6) is -1.17. The molecule has 2 rings (SSSR count). The monoisotopic (exact) mass is 339 g/mol. The van der Waals surface area contributed by atoms with Crippen molar-refractivity contribution < 1.29 is 28.6 Å². The Kier molecular flexibility index (Phi) is 5.91. The Balaban J connectivity index is 2.02. The molecule has 9 heteroatoms. The summed E-state index contributed by atoms with van der Waals surface area (Å²) in [5, 5.41) is 8.87. The minimum atomic E-state index is -1.09. The average molecular weight is 339 g/mol. The van der Waals surface area contributed by atoms with Gasteiger partial charge in [0, 0.05) is 33.0 Å². The zero-order chi connectivity index (χ0) is 17.7. The van der Waals surface area contributed by atoms with Gasteiger partial charge in [0.1, 0.15) is 12.3 Å². The molecule has 1 aliphatic heterocycles. The van der Waals surface area contributed by atoms with Crippen LogP contribution in [0.2, 0.25) is 0 Å². The number of carboxylic acids is 1. The van der Waals surface area contributed by atoms with Crippen molar-refractivity contribution in [1.29, 1.82) is 0 Å². The molecule has 1 saturated heterocycles. The quantitative estimate of drug-likeness (QED) is 0.776. The Labute approximate surface area is 139 Å². The van der Waals surface area contributed by atoms with Crippen LogP contribution in [0.15, 0.2) is 10.8 Å². The highest BCUT2D eigenvalue weighted by Crippen LogP contribution is 2.14. The van der Waals surface area contributed by atoms with Gasteiger partial charge in [0.15, 0.2) is 12.1 Å². The molecule has 2 heterocycles. The fourth-order valence-corrected chi connectivity index (χ4v) is 2.57. The van der Waals surface area contributed by atoms with Gasteiger partial charge in [-0.25, -0.2) is 4.98 Å². The number of carbonyl (C=O) groups excluding carboxylic acids is 2. The fraction of sp³-hybridized carbons (Fsp3) is 0.600. The van der Waals surface area contributed by atoms with Crippen molar-refractivity contribution in [2.45, 2.75) is 26.4 Å². The third-order valence-corrected chi connectivity index (χ3v) is 3.79. The molecule has 1 N–H and O–H groups in total. The van der Waals surface area contributed by atoms with E-state index in [1.807, 2.05) is 6.92 Å². The number of nitrogens with zero attached hydrogens (tertiary/aromatic N) is 3. The number of amides is 2. The van der Waals surface area contributed by atoms with Gasteiger partial charge in [-0.05, 0) is 0 Å². The molecule has 2 amide bonds. The van der Waals surface area contributed by atoms with Gasteiger partial charge in [0.2, 0.25) is 5.91 Å². The summed E-state index contributed by atoms with van der Waals surface area (Å²) in [7, 11) is 0. The van der Waals surface area contributed by atoms with E-state index in [-0.39, 0.29) is 30.6 Å². The van der Waals surface area contributed by atoms with Crippen LogP contribution in [0.25, 0.3) is 0 Å². The molecule has 1 aromatic rings. The predicted octanol–water partition coefficient (Wildman–Crippen LogP) is 0.0111. The van der Waals surface area contributed by atoms with Gasteiger partial charge in [-0.15, -0.1) is 0 Å². The maximum atomic E-state index is 12.6. The zero-order valence-corrected chi connectivity index (χ0v) is 13.7. The fourth-order valence-electron chi connectivity index (χ4n) is 2.57. The van der Waals surface area contributed by atoms with Gasteiger partial charge >= 0.3 is 5.97 Å². The van der Waals surface area contributed by atoms with Gasteiger partial charge in [-0.1, -0.05) is 6.92 Å². The first kappa shape index (κ1) is 17.9. The molecule has 1 atom stereocenters. The minimum Gasteiger partial charge on any atom is -0.480 e. The lowest BCUT2D eigenvalue weighted by atomic mass is 10.2. The van der Waals surface area contributed by atoms with E-state index in [1.165, 1.54) is 18.2 Å². The Morgan fingerprint density at radius 1 is 1.46 bits per heavy atom. The lowest BCUT2D eigenvalue weighted by molar-refractivity contribution is -0.145. The third-order valence-electron chi connectivity index (χ3n) is 3.79. The van der Waals surface area contributed by atoms with Crippen LogP contribution in [0, 0.1) is 0 Å². The lowest BCUT2D eigenvalue weighted by Gasteiger charge is -2.35. The molecule has 1 fully saturated rings. The van der Waals surface area contributed by atoms with Crippen molar-refractivity contribution >= 4 is 17.8 Å². The summed E-state index contributed by atoms with van der Waals surface area (Å²) in [6.45, 7) is 3.88. The van der Waals surface area contributed by atoms with Crippen LogP contribution >= 0.6 is 0 Å². The number of oxazole rings is 1. The molecule has 0 saturated carbocycles. The maximum absolute atomic E-state index is 12.6. The molecule has 0 aliphatic carbocycles. The molecule has 1 aromatic heterocycles. The van der Waals surface area contributed by atoms with E-state index >= 15 is 0 Å². The van der Waals surface area contributed by atoms with E-state index in [0.717, 1.165) is 0 Å². The number of aryl methyl sites for hydroxylation is 1. The van der Waals surface area contributed by atoms with Crippen LogP contribution in [-0.2, 0) is 20.7 Å². The maximum Gasteiger partial charge on any atom is 0.323 e. The smallest absolute Gasteiger partial charge is 0.323 e. The number of aliphatic carboxylic acids is 1. The average Bonchev–Trinajstić information content (AvgIpc) is 3.02. The van der Waals surface area contributed by atoms with Crippen LogP contribution in [0.1, 0.15) is 30.1 Å². The van der Waals surface area contributed by atoms with E-state index in [2.05, 4.69) is 4.98 Å². The van der Waals surface area contributed by atoms with Crippen molar-refractivity contribution in [3.63, 3.8) is 0 Å². The highest BCUT2D eigenvalue weighted by atomic mass is 16.5. The van der Waals surface area contributed by atoms with E-state index in [0.29, 0.717) is 25.3 Å². The number of hydrogen-bond donors (Lipinski definition) is 1. The molecule has 0 aromatic carbocycles. The largest absolute Gasteiger partial charge is 0.480 e. The first-order valence-electron chi connectivity index (χ1n) is 7.72. The van der Waals surface area contributed by atoms with Crippen molar-refractivity contribution in [2.24, 2.45) is 0 Å². The molecule has 0 bridgehead atoms. The number of carbonyl (C=O) groups is 3. The van der Waals surface area contributed by atoms with Crippen LogP contribution in [0.5, 0.6) is 0 Å². The number of carboxylic acid groups (broad SMARTS) is 1. The molecule has 132 valence electrons. The minimum absolute atomic E-state index is 0.116. The number of morpholine rings is 1. The van der Waals surface area contributed by atoms with Gasteiger partial charge in [0.05, 0.1) is 12.7 Å². The Morgan fingerprint density at radius 2 is 2.21 bits per heavy atom. The van der Waals surface area contributed by atoms with E-state index < -0.39 is 18.6 Å². The molecule has 24 heavy (non-hydrogen) atoms. The van der Waals surface area contributed by atoms with Gasteiger partial charge < -0.3 is 24.1 Å². The molecule has 0 spiro atoms. The van der Waals surface area contributed by atoms with Crippen LogP contribution in [-0.4, -0.2) is 76.6 Å². The standard InChI is InChI=1S/C15H21N3O6/c1-3-12-14(16-9-24-12)15(22)17-4-5-23-11(6-17)7-18(10(2)19)8-13(20)21/h9,11H,3-8H2,1-2H3,(H,20,21). The summed E-state index contributed by atoms with van der Waals surface area (Å²) in [6, 6.07) is 0. The molecule has 9 nitrogen and oxygen atoms in total. The summed E-state index contributed by atoms with van der Waals surface area (Å²) >= 11 is 0. The zero-order valence-electron chi connectivity index (χ0n) is 13.7. The van der Waals surface area contributed by atoms with Crippen molar-refractivity contribution in [3.8, 4) is 0 Å².